The summed E-state index contributed by atoms with van der Waals surface area (Å²) in [4.78, 5) is 34.5. The van der Waals surface area contributed by atoms with Crippen LogP contribution in [0.2, 0.25) is 0 Å². The maximum Gasteiger partial charge on any atom is 0.270 e. The zero-order valence-electron chi connectivity index (χ0n) is 12.7. The number of nitrogens with zero attached hydrogens (tertiary/aromatic N) is 1. The molecule has 0 saturated heterocycles. The maximum absolute atomic E-state index is 12.2. The summed E-state index contributed by atoms with van der Waals surface area (Å²) in [6.07, 6.45) is 1.99. The van der Waals surface area contributed by atoms with Crippen LogP contribution in [0.25, 0.3) is 0 Å². The molecule has 0 heterocycles. The van der Waals surface area contributed by atoms with Crippen molar-refractivity contribution in [2.24, 2.45) is 0 Å². The average Bonchev–Trinajstić information content (AvgIpc) is 3.39. The average molecular weight is 325 g/mol. The van der Waals surface area contributed by atoms with Crippen molar-refractivity contribution >= 4 is 23.2 Å². The van der Waals surface area contributed by atoms with Crippen LogP contribution in [0.3, 0.4) is 0 Å². The lowest BCUT2D eigenvalue weighted by Gasteiger charge is -2.08. The summed E-state index contributed by atoms with van der Waals surface area (Å²) in [7, 11) is 0. The highest BCUT2D eigenvalue weighted by Crippen LogP contribution is 2.20. The molecule has 0 bridgehead atoms. The second-order valence-electron chi connectivity index (χ2n) is 5.59. The molecule has 2 amide bonds. The Balaban J connectivity index is 1.73. The topological polar surface area (TPSA) is 101 Å². The third-order valence-electron chi connectivity index (χ3n) is 3.61. The van der Waals surface area contributed by atoms with Gasteiger partial charge in [0.25, 0.3) is 17.5 Å². The molecule has 1 aliphatic carbocycles. The van der Waals surface area contributed by atoms with Crippen LogP contribution in [0.1, 0.15) is 33.6 Å². The Morgan fingerprint density at radius 1 is 1.00 bits per heavy atom. The molecular formula is C17H15N3O4. The number of carbonyl (C=O) groups is 2. The summed E-state index contributed by atoms with van der Waals surface area (Å²) in [6, 6.07) is 12.3. The molecule has 0 radical (unpaired) electrons. The van der Waals surface area contributed by atoms with Crippen molar-refractivity contribution in [2.45, 2.75) is 18.9 Å². The van der Waals surface area contributed by atoms with Crippen LogP contribution in [0.4, 0.5) is 11.4 Å². The van der Waals surface area contributed by atoms with Gasteiger partial charge in [0.2, 0.25) is 0 Å². The van der Waals surface area contributed by atoms with Gasteiger partial charge < -0.3 is 10.6 Å². The molecule has 0 aromatic heterocycles. The molecule has 7 heteroatoms. The largest absolute Gasteiger partial charge is 0.349 e. The molecule has 2 aromatic carbocycles. The summed E-state index contributed by atoms with van der Waals surface area (Å²) in [5.74, 6) is -0.651. The van der Waals surface area contributed by atoms with E-state index in [4.69, 9.17) is 0 Å². The van der Waals surface area contributed by atoms with E-state index in [9.17, 15) is 19.7 Å². The number of benzene rings is 2. The van der Waals surface area contributed by atoms with Gasteiger partial charge in [0, 0.05) is 35.0 Å². The van der Waals surface area contributed by atoms with Crippen molar-refractivity contribution in [1.82, 2.24) is 5.32 Å². The van der Waals surface area contributed by atoms with Gasteiger partial charge in [0.05, 0.1) is 4.92 Å². The molecule has 24 heavy (non-hydrogen) atoms. The molecular weight excluding hydrogens is 310 g/mol. The standard InChI is InChI=1S/C17H15N3O4/c21-16(18-13-7-8-13)11-3-1-5-14(9-11)19-17(22)12-4-2-6-15(10-12)20(23)24/h1-6,9-10,13H,7-8H2,(H,18,21)(H,19,22). The number of amides is 2. The van der Waals surface area contributed by atoms with E-state index >= 15 is 0 Å². The van der Waals surface area contributed by atoms with E-state index in [0.717, 1.165) is 12.8 Å². The smallest absolute Gasteiger partial charge is 0.270 e. The third kappa shape index (κ3) is 3.75. The highest BCUT2D eigenvalue weighted by molar-refractivity contribution is 6.05. The Kier molecular flexibility index (Phi) is 4.24. The number of nitrogens with one attached hydrogen (secondary N) is 2. The molecule has 122 valence electrons. The van der Waals surface area contributed by atoms with E-state index in [1.54, 1.807) is 24.3 Å². The fraction of sp³-hybridized carbons (Fsp3) is 0.176. The van der Waals surface area contributed by atoms with Gasteiger partial charge in [0.1, 0.15) is 0 Å². The summed E-state index contributed by atoms with van der Waals surface area (Å²) in [5.41, 5.74) is 0.936. The number of nitro benzene ring substituents is 1. The summed E-state index contributed by atoms with van der Waals surface area (Å²) in [6.45, 7) is 0. The minimum Gasteiger partial charge on any atom is -0.349 e. The first-order chi connectivity index (χ1) is 11.5. The van der Waals surface area contributed by atoms with Gasteiger partial charge in [0.15, 0.2) is 0 Å². The number of non-ortho nitro benzene ring substituents is 1. The van der Waals surface area contributed by atoms with Gasteiger partial charge in [-0.15, -0.1) is 0 Å². The first-order valence-electron chi connectivity index (χ1n) is 7.49. The van der Waals surface area contributed by atoms with Crippen LogP contribution in [0, 0.1) is 10.1 Å². The normalized spacial score (nSPS) is 13.2. The second-order valence-corrected chi connectivity index (χ2v) is 5.59. The quantitative estimate of drug-likeness (QED) is 0.652. The SMILES string of the molecule is O=C(Nc1cccc(C(=O)NC2CC2)c1)c1cccc([N+](=O)[O-])c1. The first kappa shape index (κ1) is 15.7. The Morgan fingerprint density at radius 2 is 1.67 bits per heavy atom. The van der Waals surface area contributed by atoms with E-state index in [-0.39, 0.29) is 23.2 Å². The second kappa shape index (κ2) is 6.49. The van der Waals surface area contributed by atoms with Crippen LogP contribution in [0.15, 0.2) is 48.5 Å². The van der Waals surface area contributed by atoms with Gasteiger partial charge >= 0.3 is 0 Å². The van der Waals surface area contributed by atoms with Gasteiger partial charge in [-0.3, -0.25) is 19.7 Å². The lowest BCUT2D eigenvalue weighted by molar-refractivity contribution is -0.384. The molecule has 0 aliphatic heterocycles. The van der Waals surface area contributed by atoms with Crippen molar-refractivity contribution in [3.05, 3.63) is 69.8 Å². The number of nitro groups is 1. The summed E-state index contributed by atoms with van der Waals surface area (Å²) in [5, 5.41) is 16.3. The summed E-state index contributed by atoms with van der Waals surface area (Å²) < 4.78 is 0. The molecule has 0 spiro atoms. The number of rotatable bonds is 5. The van der Waals surface area contributed by atoms with Crippen LogP contribution in [-0.2, 0) is 0 Å². The molecule has 1 saturated carbocycles. The Bertz CT molecular complexity index is 815. The molecule has 1 aliphatic rings. The van der Waals surface area contributed by atoms with Crippen molar-refractivity contribution in [2.75, 3.05) is 5.32 Å². The summed E-state index contributed by atoms with van der Waals surface area (Å²) >= 11 is 0. The predicted molar refractivity (Wildman–Crippen MR) is 88.0 cm³/mol. The van der Waals surface area contributed by atoms with Gasteiger partial charge in [-0.2, -0.15) is 0 Å². The van der Waals surface area contributed by atoms with Crippen molar-refractivity contribution < 1.29 is 14.5 Å². The highest BCUT2D eigenvalue weighted by Gasteiger charge is 2.23. The first-order valence-corrected chi connectivity index (χ1v) is 7.49. The van der Waals surface area contributed by atoms with Crippen LogP contribution >= 0.6 is 0 Å². The van der Waals surface area contributed by atoms with Crippen LogP contribution in [0.5, 0.6) is 0 Å². The zero-order valence-corrected chi connectivity index (χ0v) is 12.7. The highest BCUT2D eigenvalue weighted by atomic mass is 16.6. The van der Waals surface area contributed by atoms with E-state index in [2.05, 4.69) is 10.6 Å². The van der Waals surface area contributed by atoms with Crippen LogP contribution in [-0.4, -0.2) is 22.8 Å². The molecule has 7 nitrogen and oxygen atoms in total. The van der Waals surface area contributed by atoms with E-state index < -0.39 is 10.8 Å². The minimum absolute atomic E-state index is 0.153. The van der Waals surface area contributed by atoms with Gasteiger partial charge in [-0.1, -0.05) is 12.1 Å². The van der Waals surface area contributed by atoms with Gasteiger partial charge in [-0.25, -0.2) is 0 Å². The number of hydrogen-bond donors (Lipinski definition) is 2. The lowest BCUT2D eigenvalue weighted by Crippen LogP contribution is -2.25. The van der Waals surface area contributed by atoms with Crippen LogP contribution < -0.4 is 10.6 Å². The monoisotopic (exact) mass is 325 g/mol. The molecule has 3 rings (SSSR count). The number of anilines is 1. The van der Waals surface area contributed by atoms with Crippen molar-refractivity contribution in [3.8, 4) is 0 Å². The van der Waals surface area contributed by atoms with E-state index in [0.29, 0.717) is 11.3 Å². The number of hydrogen-bond acceptors (Lipinski definition) is 4. The minimum atomic E-state index is -0.556. The Morgan fingerprint density at radius 3 is 2.33 bits per heavy atom. The molecule has 1 fully saturated rings. The molecule has 2 N–H and O–H groups in total. The van der Waals surface area contributed by atoms with E-state index in [1.807, 2.05) is 0 Å². The number of carbonyl (C=O) groups excluding carboxylic acids is 2. The third-order valence-corrected chi connectivity index (χ3v) is 3.61. The molecule has 0 unspecified atom stereocenters. The molecule has 0 atom stereocenters. The maximum atomic E-state index is 12.2. The zero-order chi connectivity index (χ0) is 17.1. The fourth-order valence-electron chi connectivity index (χ4n) is 2.20. The van der Waals surface area contributed by atoms with Gasteiger partial charge in [-0.05, 0) is 37.1 Å². The van der Waals surface area contributed by atoms with Crippen molar-refractivity contribution in [3.63, 3.8) is 0 Å². The van der Waals surface area contributed by atoms with E-state index in [1.165, 1.54) is 24.3 Å². The Labute approximate surface area is 137 Å². The fourth-order valence-corrected chi connectivity index (χ4v) is 2.20. The van der Waals surface area contributed by atoms with Crippen molar-refractivity contribution in [1.29, 1.82) is 0 Å². The Hall–Kier alpha value is -3.22. The lowest BCUT2D eigenvalue weighted by atomic mass is 10.1. The predicted octanol–water partition coefficient (Wildman–Crippen LogP) is 2.74. The molecule has 2 aromatic rings.